The first-order chi connectivity index (χ1) is 14.3. The van der Waals surface area contributed by atoms with Crippen LogP contribution in [0, 0.1) is 23.2 Å². The van der Waals surface area contributed by atoms with E-state index in [4.69, 9.17) is 0 Å². The first-order valence-corrected chi connectivity index (χ1v) is 12.2. The molecule has 3 N–H and O–H groups in total. The van der Waals surface area contributed by atoms with Crippen molar-refractivity contribution >= 4 is 0 Å². The molecule has 3 nitrogen and oxygen atoms in total. The smallest absolute Gasteiger partial charge is 0.108 e. The molecular formula is C28H44O3. The second kappa shape index (κ2) is 9.00. The van der Waals surface area contributed by atoms with E-state index in [1.165, 1.54) is 43.3 Å². The van der Waals surface area contributed by atoms with Crippen LogP contribution in [0.3, 0.4) is 0 Å². The molecule has 0 saturated heterocycles. The predicted octanol–water partition coefficient (Wildman–Crippen LogP) is 5.87. The molecule has 0 unspecified atom stereocenters. The predicted molar refractivity (Wildman–Crippen MR) is 129 cm³/mol. The van der Waals surface area contributed by atoms with E-state index in [0.717, 1.165) is 19.3 Å². The Morgan fingerprint density at radius 2 is 1.81 bits per heavy atom. The van der Waals surface area contributed by atoms with Crippen molar-refractivity contribution in [3.63, 3.8) is 0 Å². The van der Waals surface area contributed by atoms with Crippen molar-refractivity contribution in [2.45, 2.75) is 103 Å². The van der Waals surface area contributed by atoms with Gasteiger partial charge in [-0.15, -0.1) is 0 Å². The molecule has 3 fully saturated rings. The van der Waals surface area contributed by atoms with Crippen molar-refractivity contribution < 1.29 is 15.3 Å². The fourth-order valence-corrected chi connectivity index (χ4v) is 6.22. The van der Waals surface area contributed by atoms with Gasteiger partial charge in [0.2, 0.25) is 0 Å². The fourth-order valence-electron chi connectivity index (χ4n) is 6.22. The lowest BCUT2D eigenvalue weighted by molar-refractivity contribution is -0.0886. The lowest BCUT2D eigenvalue weighted by atomic mass is 9.61. The molecule has 0 spiro atoms. The zero-order valence-corrected chi connectivity index (χ0v) is 20.3. The number of hydrogen-bond acceptors (Lipinski definition) is 3. The molecule has 0 heterocycles. The number of allylic oxidation sites excluding steroid dienone is 5. The molecule has 0 radical (unpaired) electrons. The Bertz CT molecular complexity index is 764. The average molecular weight is 429 g/mol. The van der Waals surface area contributed by atoms with E-state index in [2.05, 4.69) is 38.7 Å². The highest BCUT2D eigenvalue weighted by Gasteiger charge is 2.50. The van der Waals surface area contributed by atoms with Gasteiger partial charge in [0.05, 0.1) is 11.7 Å². The highest BCUT2D eigenvalue weighted by molar-refractivity contribution is 5.36. The molecule has 3 heteroatoms. The van der Waals surface area contributed by atoms with E-state index < -0.39 is 11.2 Å². The Labute approximate surface area is 189 Å². The molecule has 6 atom stereocenters. The van der Waals surface area contributed by atoms with Gasteiger partial charge in [-0.1, -0.05) is 55.9 Å². The van der Waals surface area contributed by atoms with E-state index in [9.17, 15) is 15.3 Å². The van der Waals surface area contributed by atoms with Crippen LogP contribution in [0.5, 0.6) is 0 Å². The molecule has 0 bridgehead atoms. The minimum absolute atomic E-state index is 0.226. The van der Waals surface area contributed by atoms with Gasteiger partial charge in [-0.25, -0.2) is 0 Å². The van der Waals surface area contributed by atoms with Crippen LogP contribution < -0.4 is 0 Å². The van der Waals surface area contributed by atoms with E-state index in [-0.39, 0.29) is 11.5 Å². The third-order valence-corrected chi connectivity index (χ3v) is 8.82. The maximum Gasteiger partial charge on any atom is 0.108 e. The summed E-state index contributed by atoms with van der Waals surface area (Å²) in [7, 11) is 0. The quantitative estimate of drug-likeness (QED) is 0.480. The van der Waals surface area contributed by atoms with Gasteiger partial charge in [0.1, 0.15) is 5.60 Å². The summed E-state index contributed by atoms with van der Waals surface area (Å²) in [5, 5.41) is 30.9. The third-order valence-electron chi connectivity index (χ3n) is 8.82. The SMILES string of the molecule is C=C1CC[C@@H](O)C/C1=C/C=C1\CCC[C@]2(C)[C@@H]([C@H](C)/C=C/[C@](C)(O)C(C)(C)O)CC[C@@H]12. The number of fused-ring (bicyclic) bond motifs is 1. The van der Waals surface area contributed by atoms with Gasteiger partial charge in [0, 0.05) is 0 Å². The maximum atomic E-state index is 10.6. The number of rotatable bonds is 5. The van der Waals surface area contributed by atoms with Gasteiger partial charge in [0.15, 0.2) is 0 Å². The molecule has 3 aliphatic rings. The second-order valence-electron chi connectivity index (χ2n) is 11.5. The highest BCUT2D eigenvalue weighted by Crippen LogP contribution is 2.59. The topological polar surface area (TPSA) is 60.7 Å². The van der Waals surface area contributed by atoms with Crippen LogP contribution in [0.2, 0.25) is 0 Å². The lowest BCUT2D eigenvalue weighted by Crippen LogP contribution is -2.46. The normalized spacial score (nSPS) is 37.9. The summed E-state index contributed by atoms with van der Waals surface area (Å²) in [6.45, 7) is 13.9. The summed E-state index contributed by atoms with van der Waals surface area (Å²) >= 11 is 0. The van der Waals surface area contributed by atoms with Gasteiger partial charge in [-0.3, -0.25) is 0 Å². The Morgan fingerprint density at radius 1 is 1.10 bits per heavy atom. The summed E-state index contributed by atoms with van der Waals surface area (Å²) in [4.78, 5) is 0. The summed E-state index contributed by atoms with van der Waals surface area (Å²) in [5.74, 6) is 1.54. The van der Waals surface area contributed by atoms with E-state index >= 15 is 0 Å². The molecule has 0 amide bonds. The van der Waals surface area contributed by atoms with Crippen molar-refractivity contribution in [2.75, 3.05) is 0 Å². The van der Waals surface area contributed by atoms with Gasteiger partial charge in [-0.2, -0.15) is 0 Å². The summed E-state index contributed by atoms with van der Waals surface area (Å²) in [6, 6.07) is 0. The van der Waals surface area contributed by atoms with Gasteiger partial charge in [0.25, 0.3) is 0 Å². The van der Waals surface area contributed by atoms with Crippen LogP contribution in [0.4, 0.5) is 0 Å². The van der Waals surface area contributed by atoms with Crippen molar-refractivity contribution in [3.05, 3.63) is 47.6 Å². The van der Waals surface area contributed by atoms with E-state index in [1.54, 1.807) is 32.4 Å². The first-order valence-electron chi connectivity index (χ1n) is 12.2. The summed E-state index contributed by atoms with van der Waals surface area (Å²) in [6.07, 6.45) is 16.8. The molecular weight excluding hydrogens is 384 g/mol. The number of hydrogen-bond donors (Lipinski definition) is 3. The fraction of sp³-hybridized carbons (Fsp3) is 0.714. The average Bonchev–Trinajstić information content (AvgIpc) is 3.03. The van der Waals surface area contributed by atoms with Crippen LogP contribution in [0.15, 0.2) is 47.6 Å². The number of aliphatic hydroxyl groups excluding tert-OH is 1. The Kier molecular flexibility index (Phi) is 7.11. The minimum atomic E-state index is -1.24. The molecule has 0 aliphatic heterocycles. The van der Waals surface area contributed by atoms with Gasteiger partial charge < -0.3 is 15.3 Å². The summed E-state index contributed by atoms with van der Waals surface area (Å²) in [5.41, 5.74) is 1.83. The lowest BCUT2D eigenvalue weighted by Gasteiger charge is -2.44. The molecule has 3 saturated carbocycles. The standard InChI is InChI=1S/C28H44O3/c1-19-9-12-23(29)18-22(19)11-10-21-8-7-16-27(5)24(13-14-25(21)27)20(2)15-17-28(6,31)26(3,4)30/h10-11,15,17,20,23-25,29-31H,1,7-9,12-14,16,18H2,2-6H3/b17-15+,21-10+,22-11-/t20-,23-,24-,25+,27-,28+/m1/s1. The monoisotopic (exact) mass is 428 g/mol. The van der Waals surface area contributed by atoms with Crippen LogP contribution in [-0.4, -0.2) is 32.6 Å². The van der Waals surface area contributed by atoms with Gasteiger partial charge >= 0.3 is 0 Å². The van der Waals surface area contributed by atoms with Crippen LogP contribution in [0.25, 0.3) is 0 Å². The Morgan fingerprint density at radius 3 is 2.48 bits per heavy atom. The van der Waals surface area contributed by atoms with Crippen LogP contribution >= 0.6 is 0 Å². The third kappa shape index (κ3) is 5.10. The van der Waals surface area contributed by atoms with Crippen molar-refractivity contribution in [3.8, 4) is 0 Å². The molecule has 0 aromatic rings. The van der Waals surface area contributed by atoms with E-state index in [1.807, 2.05) is 0 Å². The molecule has 0 aromatic carbocycles. The Balaban J connectivity index is 1.77. The summed E-state index contributed by atoms with van der Waals surface area (Å²) < 4.78 is 0. The molecule has 31 heavy (non-hydrogen) atoms. The zero-order valence-electron chi connectivity index (χ0n) is 20.3. The first kappa shape index (κ1) is 24.5. The van der Waals surface area contributed by atoms with Crippen molar-refractivity contribution in [2.24, 2.45) is 23.2 Å². The van der Waals surface area contributed by atoms with Crippen LogP contribution in [-0.2, 0) is 0 Å². The maximum absolute atomic E-state index is 10.6. The second-order valence-corrected chi connectivity index (χ2v) is 11.5. The number of aliphatic hydroxyl groups is 3. The largest absolute Gasteiger partial charge is 0.393 e. The highest BCUT2D eigenvalue weighted by atomic mass is 16.3. The molecule has 174 valence electrons. The minimum Gasteiger partial charge on any atom is -0.393 e. The Hall–Kier alpha value is -1.16. The zero-order chi connectivity index (χ0) is 23.0. The van der Waals surface area contributed by atoms with Crippen molar-refractivity contribution in [1.29, 1.82) is 0 Å². The van der Waals surface area contributed by atoms with E-state index in [0.29, 0.717) is 17.8 Å². The van der Waals surface area contributed by atoms with Gasteiger partial charge in [-0.05, 0) is 101 Å². The molecule has 3 aliphatic carbocycles. The molecule has 0 aromatic heterocycles. The molecule has 3 rings (SSSR count). The van der Waals surface area contributed by atoms with Crippen LogP contribution in [0.1, 0.15) is 86.0 Å². The van der Waals surface area contributed by atoms with Crippen molar-refractivity contribution in [1.82, 2.24) is 0 Å².